The second-order valence-corrected chi connectivity index (χ2v) is 4.64. The summed E-state index contributed by atoms with van der Waals surface area (Å²) < 4.78 is 29.6. The van der Waals surface area contributed by atoms with E-state index in [1.807, 2.05) is 0 Å². The number of hydrogen-bond acceptors (Lipinski definition) is 5. The lowest BCUT2D eigenvalue weighted by Crippen LogP contribution is -1.98. The number of carbonyl (C=O) groups is 1. The Morgan fingerprint density at radius 2 is 2.22 bits per heavy atom. The molecule has 7 heteroatoms. The van der Waals surface area contributed by atoms with E-state index in [2.05, 4.69) is 4.36 Å². The lowest BCUT2D eigenvalue weighted by atomic mass is 10.1. The van der Waals surface area contributed by atoms with E-state index < -0.39 is 16.5 Å². The van der Waals surface area contributed by atoms with Crippen molar-refractivity contribution in [2.45, 2.75) is 12.3 Å². The van der Waals surface area contributed by atoms with Gasteiger partial charge in [-0.05, 0) is 30.0 Å². The predicted octanol–water partition coefficient (Wildman–Crippen LogP) is 1.58. The first-order chi connectivity index (χ1) is 8.52. The number of rotatable bonds is 4. The fraction of sp³-hybridized carbons (Fsp3) is 0.364. The van der Waals surface area contributed by atoms with Crippen LogP contribution in [0.2, 0.25) is 0 Å². The highest BCUT2D eigenvalue weighted by atomic mass is 32.2. The van der Waals surface area contributed by atoms with Gasteiger partial charge in [-0.15, -0.1) is 4.36 Å². The van der Waals surface area contributed by atoms with Gasteiger partial charge in [-0.1, -0.05) is 6.07 Å². The molecular weight excluding hydrogens is 258 g/mol. The highest BCUT2D eigenvalue weighted by Gasteiger charge is 2.44. The molecule has 1 saturated carbocycles. The molecule has 0 aliphatic heterocycles. The third-order valence-electron chi connectivity index (χ3n) is 2.91. The van der Waals surface area contributed by atoms with Gasteiger partial charge in [-0.3, -0.25) is 4.79 Å². The van der Waals surface area contributed by atoms with Crippen molar-refractivity contribution >= 4 is 22.2 Å². The van der Waals surface area contributed by atoms with Crippen LogP contribution in [0, 0.1) is 5.92 Å². The van der Waals surface area contributed by atoms with Crippen LogP contribution in [0.15, 0.2) is 22.6 Å². The Labute approximate surface area is 105 Å². The number of nitrogens with zero attached hydrogens (tertiary/aromatic N) is 1. The Morgan fingerprint density at radius 3 is 2.72 bits per heavy atom. The van der Waals surface area contributed by atoms with Gasteiger partial charge in [0.2, 0.25) is 0 Å². The molecule has 1 aromatic rings. The number of carboxylic acid groups (broad SMARTS) is 1. The van der Waals surface area contributed by atoms with Crippen molar-refractivity contribution in [2.24, 2.45) is 10.3 Å². The molecule has 1 aliphatic carbocycles. The van der Waals surface area contributed by atoms with E-state index >= 15 is 0 Å². The quantitative estimate of drug-likeness (QED) is 0.895. The van der Waals surface area contributed by atoms with E-state index in [0.29, 0.717) is 12.2 Å². The summed E-state index contributed by atoms with van der Waals surface area (Å²) in [6.45, 7) is 0. The van der Waals surface area contributed by atoms with Crippen LogP contribution in [-0.4, -0.2) is 26.6 Å². The first kappa shape index (κ1) is 12.6. The summed E-state index contributed by atoms with van der Waals surface area (Å²) in [5.41, 5.74) is 0.965. The van der Waals surface area contributed by atoms with Crippen molar-refractivity contribution in [1.82, 2.24) is 0 Å². The molecule has 0 heterocycles. The molecular formula is C11H11NO5S. The van der Waals surface area contributed by atoms with Crippen LogP contribution in [0.1, 0.15) is 17.9 Å². The number of carboxylic acids is 1. The summed E-state index contributed by atoms with van der Waals surface area (Å²) in [7, 11) is -1.15. The zero-order valence-electron chi connectivity index (χ0n) is 9.53. The van der Waals surface area contributed by atoms with Crippen LogP contribution in [-0.2, 0) is 15.3 Å². The van der Waals surface area contributed by atoms with Crippen LogP contribution < -0.4 is 4.74 Å². The van der Waals surface area contributed by atoms with Crippen molar-refractivity contribution < 1.29 is 23.1 Å². The van der Waals surface area contributed by atoms with Gasteiger partial charge in [0.1, 0.15) is 11.4 Å². The molecule has 1 aromatic carbocycles. The van der Waals surface area contributed by atoms with Crippen molar-refractivity contribution in [1.29, 1.82) is 0 Å². The van der Waals surface area contributed by atoms with Crippen LogP contribution in [0.5, 0.6) is 5.75 Å². The van der Waals surface area contributed by atoms with E-state index in [1.165, 1.54) is 7.11 Å². The lowest BCUT2D eigenvalue weighted by molar-refractivity contribution is -0.138. The minimum atomic E-state index is -2.57. The molecule has 1 aliphatic rings. The number of ether oxygens (including phenoxy) is 1. The Morgan fingerprint density at radius 1 is 1.50 bits per heavy atom. The van der Waals surface area contributed by atoms with E-state index in [0.717, 1.165) is 5.56 Å². The Balaban J connectivity index is 2.35. The van der Waals surface area contributed by atoms with Crippen molar-refractivity contribution in [3.8, 4) is 5.75 Å². The largest absolute Gasteiger partial charge is 0.494 e. The molecule has 1 N–H and O–H groups in total. The number of aliphatic carboxylic acids is 1. The highest BCUT2D eigenvalue weighted by molar-refractivity contribution is 7.61. The zero-order valence-corrected chi connectivity index (χ0v) is 10.3. The predicted molar refractivity (Wildman–Crippen MR) is 62.5 cm³/mol. The van der Waals surface area contributed by atoms with Crippen LogP contribution in [0.3, 0.4) is 0 Å². The molecule has 0 bridgehead atoms. The smallest absolute Gasteiger partial charge is 0.316 e. The summed E-state index contributed by atoms with van der Waals surface area (Å²) in [4.78, 5) is 10.8. The molecule has 0 aromatic heterocycles. The minimum Gasteiger partial charge on any atom is -0.494 e. The zero-order chi connectivity index (χ0) is 13.3. The van der Waals surface area contributed by atoms with Crippen molar-refractivity contribution in [3.63, 3.8) is 0 Å². The molecule has 0 saturated heterocycles. The van der Waals surface area contributed by atoms with E-state index in [4.69, 9.17) is 9.84 Å². The van der Waals surface area contributed by atoms with Crippen molar-refractivity contribution in [2.75, 3.05) is 7.11 Å². The third-order valence-corrected chi connectivity index (χ3v) is 3.26. The van der Waals surface area contributed by atoms with Gasteiger partial charge in [0.25, 0.3) is 0 Å². The summed E-state index contributed by atoms with van der Waals surface area (Å²) >= 11 is 0. The van der Waals surface area contributed by atoms with E-state index in [-0.39, 0.29) is 17.5 Å². The number of benzene rings is 1. The SMILES string of the molecule is COc1ccc(C2CC2C(=O)O)cc1N=S(=O)=O. The maximum Gasteiger partial charge on any atom is 0.316 e. The standard InChI is InChI=1S/C11H11NO5S/c1-17-10-3-2-6(4-9(10)12-18(15)16)7-5-8(7)11(13)14/h2-4,7-8H,5H2,1H3,(H,13,14). The number of methoxy groups -OCH3 is 1. The molecule has 2 unspecified atom stereocenters. The summed E-state index contributed by atoms with van der Waals surface area (Å²) in [6, 6.07) is 4.89. The van der Waals surface area contributed by atoms with Crippen LogP contribution >= 0.6 is 0 Å². The summed E-state index contributed by atoms with van der Waals surface area (Å²) in [6.07, 6.45) is 0.571. The Hall–Kier alpha value is -1.89. The molecule has 6 nitrogen and oxygen atoms in total. The van der Waals surface area contributed by atoms with Gasteiger partial charge >= 0.3 is 16.5 Å². The van der Waals surface area contributed by atoms with Gasteiger partial charge < -0.3 is 9.84 Å². The van der Waals surface area contributed by atoms with Gasteiger partial charge in [-0.2, -0.15) is 8.42 Å². The monoisotopic (exact) mass is 269 g/mol. The van der Waals surface area contributed by atoms with Crippen LogP contribution in [0.25, 0.3) is 0 Å². The fourth-order valence-corrected chi connectivity index (χ4v) is 2.23. The topological polar surface area (TPSA) is 93.0 Å². The minimum absolute atomic E-state index is 0.0672. The number of hydrogen-bond donors (Lipinski definition) is 1. The summed E-state index contributed by atoms with van der Waals surface area (Å²) in [5, 5.41) is 8.85. The normalized spacial score (nSPS) is 21.2. The highest BCUT2D eigenvalue weighted by Crippen LogP contribution is 2.49. The van der Waals surface area contributed by atoms with Gasteiger partial charge in [0.15, 0.2) is 0 Å². The molecule has 96 valence electrons. The van der Waals surface area contributed by atoms with E-state index in [9.17, 15) is 13.2 Å². The van der Waals surface area contributed by atoms with E-state index in [1.54, 1.807) is 18.2 Å². The van der Waals surface area contributed by atoms with Gasteiger partial charge in [0, 0.05) is 0 Å². The second kappa shape index (κ2) is 4.77. The average molecular weight is 269 g/mol. The molecule has 18 heavy (non-hydrogen) atoms. The van der Waals surface area contributed by atoms with Crippen LogP contribution in [0.4, 0.5) is 5.69 Å². The molecule has 1 fully saturated rings. The molecule has 0 amide bonds. The maximum absolute atomic E-state index is 10.8. The van der Waals surface area contributed by atoms with Gasteiger partial charge in [0.05, 0.1) is 13.0 Å². The molecule has 2 rings (SSSR count). The lowest BCUT2D eigenvalue weighted by Gasteiger charge is -2.05. The molecule has 0 radical (unpaired) electrons. The fourth-order valence-electron chi connectivity index (χ4n) is 1.93. The third kappa shape index (κ3) is 2.51. The van der Waals surface area contributed by atoms with Gasteiger partial charge in [-0.25, -0.2) is 0 Å². The average Bonchev–Trinajstić information content (AvgIpc) is 3.08. The second-order valence-electron chi connectivity index (χ2n) is 4.03. The molecule has 2 atom stereocenters. The summed E-state index contributed by atoms with van der Waals surface area (Å²) in [5.74, 6) is -0.941. The molecule has 0 spiro atoms. The Bertz CT molecular complexity index is 614. The maximum atomic E-state index is 10.8. The Kier molecular flexibility index (Phi) is 3.33. The first-order valence-electron chi connectivity index (χ1n) is 5.24. The van der Waals surface area contributed by atoms with Crippen molar-refractivity contribution in [3.05, 3.63) is 23.8 Å². The first-order valence-corrected chi connectivity index (χ1v) is 6.28.